The minimum absolute atomic E-state index is 0.101. The minimum Gasteiger partial charge on any atom is -0.326 e. The number of rotatable bonds is 5. The summed E-state index contributed by atoms with van der Waals surface area (Å²) in [4.78, 5) is 16.9. The van der Waals surface area contributed by atoms with Crippen molar-refractivity contribution < 1.29 is 32.1 Å². The Kier molecular flexibility index (Phi) is 5.44. The summed E-state index contributed by atoms with van der Waals surface area (Å²) in [7, 11) is -8.36. The predicted octanol–water partition coefficient (Wildman–Crippen LogP) is 1.64. The molecule has 11 heteroatoms. The molecular formula is C2H9O7P3S. The first-order chi connectivity index (χ1) is 5.68. The Morgan fingerprint density at radius 2 is 2.00 bits per heavy atom. The maximum Gasteiger partial charge on any atom is 0.485 e. The van der Waals surface area contributed by atoms with Gasteiger partial charge in [0, 0.05) is 6.16 Å². The summed E-state index contributed by atoms with van der Waals surface area (Å²) in [5.74, 6) is 0. The van der Waals surface area contributed by atoms with Gasteiger partial charge in [-0.05, 0) is 0 Å². The third-order valence-corrected chi connectivity index (χ3v) is 6.52. The van der Waals surface area contributed by atoms with E-state index in [2.05, 4.69) is 20.9 Å². The molecule has 0 aliphatic carbocycles. The molecular weight excluding hydrogens is 261 g/mol. The standard InChI is InChI=1S/C2H9O7P3S/c1-2-11(5,13)9-12(6,7)8-10(3)4/h10H,2H2,1H3,(H,3,4)(H,5,13)(H,6,7). The first-order valence-electron chi connectivity index (χ1n) is 2.97. The second kappa shape index (κ2) is 5.10. The zero-order chi connectivity index (χ0) is 10.7. The Morgan fingerprint density at radius 1 is 1.54 bits per heavy atom. The topological polar surface area (TPSA) is 110 Å². The molecule has 3 atom stereocenters. The molecule has 7 nitrogen and oxygen atoms in total. The second-order valence-electron chi connectivity index (χ2n) is 1.86. The van der Waals surface area contributed by atoms with Gasteiger partial charge < -0.3 is 9.79 Å². The molecule has 0 saturated heterocycles. The molecule has 0 aliphatic rings. The Balaban J connectivity index is 4.43. The molecule has 2 N–H and O–H groups in total. The maximum atomic E-state index is 11.0. The van der Waals surface area contributed by atoms with Crippen LogP contribution >= 0.6 is 34.9 Å². The lowest BCUT2D eigenvalue weighted by molar-refractivity contribution is 0.283. The largest absolute Gasteiger partial charge is 0.485 e. The lowest BCUT2D eigenvalue weighted by Crippen LogP contribution is -1.87. The van der Waals surface area contributed by atoms with Crippen LogP contribution in [0.5, 0.6) is 0 Å². The lowest BCUT2D eigenvalue weighted by atomic mass is 11.0. The van der Waals surface area contributed by atoms with Gasteiger partial charge >= 0.3 is 16.1 Å². The van der Waals surface area contributed by atoms with Crippen molar-refractivity contribution in [2.75, 3.05) is 6.16 Å². The highest BCUT2D eigenvalue weighted by atomic mass is 32.7. The highest BCUT2D eigenvalue weighted by molar-refractivity contribution is 8.46. The van der Waals surface area contributed by atoms with Gasteiger partial charge in [0.25, 0.3) is 6.57 Å². The van der Waals surface area contributed by atoms with Crippen LogP contribution in [0.25, 0.3) is 0 Å². The Labute approximate surface area is 80.6 Å². The van der Waals surface area contributed by atoms with Crippen LogP contribution in [-0.4, -0.2) is 15.9 Å². The van der Waals surface area contributed by atoms with E-state index in [0.29, 0.717) is 0 Å². The minimum atomic E-state index is -4.74. The smallest absolute Gasteiger partial charge is 0.326 e. The fourth-order valence-corrected chi connectivity index (χ4v) is 4.14. The van der Waals surface area contributed by atoms with Gasteiger partial charge in [-0.3, -0.25) is 9.13 Å². The van der Waals surface area contributed by atoms with Crippen LogP contribution in [0.2, 0.25) is 0 Å². The van der Waals surface area contributed by atoms with Gasteiger partial charge in [-0.1, -0.05) is 19.2 Å². The molecule has 0 radical (unpaired) electrons. The van der Waals surface area contributed by atoms with Crippen molar-refractivity contribution in [1.29, 1.82) is 0 Å². The highest BCUT2D eigenvalue weighted by Crippen LogP contribution is 2.66. The predicted molar refractivity (Wildman–Crippen MR) is 50.3 cm³/mol. The molecule has 0 heterocycles. The summed E-state index contributed by atoms with van der Waals surface area (Å²) in [5, 5.41) is 0. The lowest BCUT2D eigenvalue weighted by Gasteiger charge is -2.13. The summed E-state index contributed by atoms with van der Waals surface area (Å²) >= 11 is 3.45. The number of hydrogen-bond acceptors (Lipinski definition) is 5. The number of hydrogen-bond donors (Lipinski definition) is 3. The van der Waals surface area contributed by atoms with Gasteiger partial charge in [0.15, 0.2) is 0 Å². The summed E-state index contributed by atoms with van der Waals surface area (Å²) in [6, 6.07) is 0. The van der Waals surface area contributed by atoms with Crippen molar-refractivity contribution in [2.24, 2.45) is 0 Å². The van der Waals surface area contributed by atoms with Crippen molar-refractivity contribution in [3.8, 4) is 0 Å². The first kappa shape index (κ1) is 13.9. The summed E-state index contributed by atoms with van der Waals surface area (Å²) < 4.78 is 39.5. The molecule has 0 spiro atoms. The van der Waals surface area contributed by atoms with Crippen molar-refractivity contribution in [1.82, 2.24) is 0 Å². The quantitative estimate of drug-likeness (QED) is 0.514. The molecule has 0 saturated carbocycles. The molecule has 80 valence electrons. The summed E-state index contributed by atoms with van der Waals surface area (Å²) in [6.45, 7) is -2.12. The third-order valence-electron chi connectivity index (χ3n) is 0.824. The van der Waals surface area contributed by atoms with E-state index in [1.54, 1.807) is 0 Å². The number of thiol groups is 1. The van der Waals surface area contributed by atoms with Gasteiger partial charge in [-0.2, -0.15) is 0 Å². The van der Waals surface area contributed by atoms with Gasteiger partial charge in [0.05, 0.1) is 0 Å². The first-order valence-corrected chi connectivity index (χ1v) is 8.69. The van der Waals surface area contributed by atoms with E-state index in [1.807, 2.05) is 0 Å². The van der Waals surface area contributed by atoms with E-state index in [0.717, 1.165) is 0 Å². The van der Waals surface area contributed by atoms with Crippen molar-refractivity contribution in [3.05, 3.63) is 0 Å². The van der Waals surface area contributed by atoms with Crippen LogP contribution in [0.4, 0.5) is 0 Å². The summed E-state index contributed by atoms with van der Waals surface area (Å²) in [5.41, 5.74) is 0. The molecule has 0 aromatic rings. The van der Waals surface area contributed by atoms with Gasteiger partial charge in [0.2, 0.25) is 0 Å². The molecule has 0 amide bonds. The van der Waals surface area contributed by atoms with Crippen molar-refractivity contribution >= 4 is 34.9 Å². The van der Waals surface area contributed by atoms with Crippen LogP contribution < -0.4 is 0 Å². The summed E-state index contributed by atoms with van der Waals surface area (Å²) in [6.07, 6.45) is -0.101. The number of phosphoric acid groups is 1. The maximum absolute atomic E-state index is 11.0. The van der Waals surface area contributed by atoms with Gasteiger partial charge in [-0.15, -0.1) is 0 Å². The van der Waals surface area contributed by atoms with E-state index >= 15 is 0 Å². The molecule has 3 unspecified atom stereocenters. The molecule has 0 bridgehead atoms. The zero-order valence-corrected chi connectivity index (χ0v) is 10.2. The van der Waals surface area contributed by atoms with Crippen LogP contribution in [0, 0.1) is 0 Å². The normalized spacial score (nSPS) is 23.1. The molecule has 0 aromatic carbocycles. The van der Waals surface area contributed by atoms with Crippen molar-refractivity contribution in [3.63, 3.8) is 0 Å². The fraction of sp³-hybridized carbons (Fsp3) is 1.00. The van der Waals surface area contributed by atoms with E-state index in [-0.39, 0.29) is 6.16 Å². The fourth-order valence-electron chi connectivity index (χ4n) is 0.334. The Hall–Kier alpha value is 0.880. The molecule has 0 rings (SSSR count). The zero-order valence-electron chi connectivity index (χ0n) is 6.48. The Morgan fingerprint density at radius 3 is 2.31 bits per heavy atom. The van der Waals surface area contributed by atoms with E-state index in [1.165, 1.54) is 6.92 Å². The van der Waals surface area contributed by atoms with Gasteiger partial charge in [0.1, 0.15) is 0 Å². The molecule has 13 heavy (non-hydrogen) atoms. The Bertz CT molecular complexity index is 287. The monoisotopic (exact) mass is 270 g/mol. The van der Waals surface area contributed by atoms with Crippen LogP contribution in [0.1, 0.15) is 6.92 Å². The van der Waals surface area contributed by atoms with Crippen LogP contribution in [0.15, 0.2) is 0 Å². The third kappa shape index (κ3) is 6.89. The van der Waals surface area contributed by atoms with Crippen LogP contribution in [-0.2, 0) is 22.3 Å². The molecule has 0 fully saturated rings. The van der Waals surface area contributed by atoms with E-state index < -0.39 is 22.6 Å². The second-order valence-corrected chi connectivity index (χ2v) is 8.45. The SMILES string of the molecule is CCP(=O)(S)OP(=O)(O)O[PH](=O)O. The van der Waals surface area contributed by atoms with Crippen molar-refractivity contribution in [2.45, 2.75) is 6.92 Å². The molecule has 0 aliphatic heterocycles. The van der Waals surface area contributed by atoms with Gasteiger partial charge in [-0.25, -0.2) is 13.2 Å². The van der Waals surface area contributed by atoms with E-state index in [9.17, 15) is 13.7 Å². The van der Waals surface area contributed by atoms with E-state index in [4.69, 9.17) is 9.79 Å². The highest BCUT2D eigenvalue weighted by Gasteiger charge is 2.32. The molecule has 0 aromatic heterocycles. The average Bonchev–Trinajstić information content (AvgIpc) is 1.81. The average molecular weight is 270 g/mol. The van der Waals surface area contributed by atoms with Crippen LogP contribution in [0.3, 0.4) is 0 Å².